The van der Waals surface area contributed by atoms with Gasteiger partial charge < -0.3 is 0 Å². The van der Waals surface area contributed by atoms with Crippen molar-refractivity contribution in [2.75, 3.05) is 6.67 Å². The Morgan fingerprint density at radius 1 is 0.500 bits per heavy atom. The molecule has 8 nitrogen and oxygen atoms in total. The molecule has 8 heteroatoms. The molecule has 0 aliphatic carbocycles. The van der Waals surface area contributed by atoms with E-state index in [1.165, 1.54) is 11.1 Å². The van der Waals surface area contributed by atoms with Gasteiger partial charge in [0.1, 0.15) is 11.7 Å². The van der Waals surface area contributed by atoms with E-state index in [1.807, 2.05) is 139 Å². The highest BCUT2D eigenvalue weighted by atomic mass is 15.2. The Labute approximate surface area is 257 Å². The summed E-state index contributed by atoms with van der Waals surface area (Å²) in [5.41, 5.74) is 3.54. The number of nitrogens with zero attached hydrogens (tertiary/aromatic N) is 8. The van der Waals surface area contributed by atoms with Crippen LogP contribution in [0.25, 0.3) is 0 Å². The second-order valence-electron chi connectivity index (χ2n) is 6.91. The maximum atomic E-state index is 3.98. The Kier molecular flexibility index (Phi) is 41.5. The van der Waals surface area contributed by atoms with Crippen molar-refractivity contribution in [3.8, 4) is 0 Å². The molecule has 0 spiro atoms. The van der Waals surface area contributed by atoms with Crippen molar-refractivity contribution in [3.63, 3.8) is 0 Å². The lowest BCUT2D eigenvalue weighted by Gasteiger charge is -1.82. The van der Waals surface area contributed by atoms with Gasteiger partial charge in [-0.25, -0.2) is 15.0 Å². The number of amidine groups is 1. The molecule has 0 amide bonds. The molecule has 0 saturated heterocycles. The quantitative estimate of drug-likeness (QED) is 0.207. The van der Waals surface area contributed by atoms with Gasteiger partial charge in [-0.2, -0.15) is 5.11 Å². The van der Waals surface area contributed by atoms with Crippen LogP contribution in [0.1, 0.15) is 85.0 Å². The average molecular weight is 577 g/mol. The van der Waals surface area contributed by atoms with Crippen molar-refractivity contribution in [1.82, 2.24) is 24.9 Å². The van der Waals surface area contributed by atoms with Crippen LogP contribution in [-0.4, -0.2) is 37.4 Å². The minimum absolute atomic E-state index is 0.534. The van der Waals surface area contributed by atoms with Gasteiger partial charge in [-0.1, -0.05) is 67.5 Å². The number of aliphatic imine (C=N–C) groups is 1. The van der Waals surface area contributed by atoms with E-state index < -0.39 is 0 Å². The van der Waals surface area contributed by atoms with E-state index in [2.05, 4.69) is 40.1 Å². The molecule has 0 fully saturated rings. The lowest BCUT2D eigenvalue weighted by molar-refractivity contribution is 1.05. The largest absolute Gasteiger partial charge is 0.265 e. The maximum Gasteiger partial charge on any atom is 0.152 e. The maximum absolute atomic E-state index is 3.98. The third kappa shape index (κ3) is 35.8. The number of aromatic nitrogens is 5. The van der Waals surface area contributed by atoms with E-state index in [0.717, 1.165) is 17.4 Å². The lowest BCUT2D eigenvalue weighted by atomic mass is 10.3. The zero-order valence-electron chi connectivity index (χ0n) is 28.4. The van der Waals surface area contributed by atoms with E-state index in [9.17, 15) is 0 Å². The first-order valence-corrected chi connectivity index (χ1v) is 14.7. The monoisotopic (exact) mass is 576 g/mol. The Hall–Kier alpha value is -4.20. The van der Waals surface area contributed by atoms with Gasteiger partial charge in [0.2, 0.25) is 0 Å². The minimum Gasteiger partial charge on any atom is -0.265 e. The standard InChI is InChI=1S/3C6H7N.C5H6N2.C3H5N3.4C2H6/c1-6-2-4-7-5-3-6;1-6-3-2-4-7-5-6;1-6-4-2-3-5-7-6;1-5-6-3-2-4-7-5;1-3-4-2-5-6-3;4*1-2/h3*2-5H,1H3;2-4H,1H3;2H2,1H3;4*1-2H3. The van der Waals surface area contributed by atoms with E-state index in [0.29, 0.717) is 6.67 Å². The van der Waals surface area contributed by atoms with Gasteiger partial charge in [0, 0.05) is 49.1 Å². The van der Waals surface area contributed by atoms with E-state index in [4.69, 9.17) is 0 Å². The first-order chi connectivity index (χ1) is 20.5. The summed E-state index contributed by atoms with van der Waals surface area (Å²) in [6.45, 7) is 26.3. The number of azo groups is 1. The van der Waals surface area contributed by atoms with Crippen LogP contribution in [0, 0.1) is 27.7 Å². The summed E-state index contributed by atoms with van der Waals surface area (Å²) < 4.78 is 0. The number of pyridine rings is 3. The molecule has 42 heavy (non-hydrogen) atoms. The van der Waals surface area contributed by atoms with Crippen LogP contribution in [0.2, 0.25) is 0 Å². The molecule has 0 aromatic carbocycles. The van der Waals surface area contributed by atoms with Gasteiger partial charge in [0.05, 0.1) is 0 Å². The smallest absolute Gasteiger partial charge is 0.152 e. The fourth-order valence-electron chi connectivity index (χ4n) is 2.00. The zero-order valence-corrected chi connectivity index (χ0v) is 28.4. The number of rotatable bonds is 0. The summed E-state index contributed by atoms with van der Waals surface area (Å²) in [5.74, 6) is 1.61. The summed E-state index contributed by atoms with van der Waals surface area (Å²) >= 11 is 0. The molecule has 4 aromatic rings. The molecule has 1 aliphatic rings. The zero-order chi connectivity index (χ0) is 32.9. The Morgan fingerprint density at radius 2 is 1.07 bits per heavy atom. The van der Waals surface area contributed by atoms with Crippen LogP contribution in [0.4, 0.5) is 0 Å². The van der Waals surface area contributed by atoms with E-state index in [1.54, 1.807) is 43.2 Å². The first-order valence-electron chi connectivity index (χ1n) is 14.7. The topological polar surface area (TPSA) is 102 Å². The van der Waals surface area contributed by atoms with E-state index >= 15 is 0 Å². The first kappa shape index (κ1) is 44.8. The molecule has 0 N–H and O–H groups in total. The summed E-state index contributed by atoms with van der Waals surface area (Å²) in [4.78, 5) is 23.3. The molecule has 5 heterocycles. The van der Waals surface area contributed by atoms with Crippen molar-refractivity contribution in [3.05, 3.63) is 115 Å². The van der Waals surface area contributed by atoms with Gasteiger partial charge >= 0.3 is 0 Å². The predicted octanol–water partition coefficient (Wildman–Crippen LogP) is 9.89. The fourth-order valence-corrected chi connectivity index (χ4v) is 2.00. The van der Waals surface area contributed by atoms with Crippen molar-refractivity contribution < 1.29 is 0 Å². The highest BCUT2D eigenvalue weighted by Gasteiger charge is 1.88. The highest BCUT2D eigenvalue weighted by Crippen LogP contribution is 1.91. The van der Waals surface area contributed by atoms with Crippen molar-refractivity contribution in [2.24, 2.45) is 15.2 Å². The molecule has 0 radical (unpaired) electrons. The summed E-state index contributed by atoms with van der Waals surface area (Å²) in [5, 5.41) is 7.20. The van der Waals surface area contributed by atoms with Crippen LogP contribution in [0.3, 0.4) is 0 Å². The fraction of sp³-hybridized carbons (Fsp3) is 0.412. The molecule has 5 rings (SSSR count). The SMILES string of the molecule is CC.CC.CC.CC.CC1=NCN=N1.Cc1ccccn1.Cc1cccnc1.Cc1ccncc1.Cc1ncccn1. The summed E-state index contributed by atoms with van der Waals surface area (Å²) in [7, 11) is 0. The van der Waals surface area contributed by atoms with Crippen LogP contribution >= 0.6 is 0 Å². The van der Waals surface area contributed by atoms with Gasteiger partial charge in [-0.05, 0) is 82.1 Å². The third-order valence-electron chi connectivity index (χ3n) is 3.74. The second-order valence-corrected chi connectivity index (χ2v) is 6.91. The Balaban J connectivity index is -0.000000203. The van der Waals surface area contributed by atoms with Gasteiger partial charge in [0.15, 0.2) is 6.67 Å². The van der Waals surface area contributed by atoms with Crippen molar-refractivity contribution in [1.29, 1.82) is 0 Å². The van der Waals surface area contributed by atoms with Crippen molar-refractivity contribution in [2.45, 2.75) is 90.0 Å². The van der Waals surface area contributed by atoms with Gasteiger partial charge in [-0.3, -0.25) is 15.0 Å². The highest BCUT2D eigenvalue weighted by molar-refractivity contribution is 5.80. The molecular formula is C34H56N8. The molecule has 4 aromatic heterocycles. The van der Waals surface area contributed by atoms with Crippen LogP contribution in [0.5, 0.6) is 0 Å². The van der Waals surface area contributed by atoms with E-state index in [-0.39, 0.29) is 0 Å². The molecular weight excluding hydrogens is 520 g/mol. The summed E-state index contributed by atoms with van der Waals surface area (Å²) in [6.07, 6.45) is 12.4. The molecule has 0 atom stereocenters. The molecule has 0 unspecified atom stereocenters. The van der Waals surface area contributed by atoms with Crippen molar-refractivity contribution >= 4 is 5.84 Å². The number of hydrogen-bond donors (Lipinski definition) is 0. The third-order valence-corrected chi connectivity index (χ3v) is 3.74. The molecule has 1 aliphatic heterocycles. The van der Waals surface area contributed by atoms with Gasteiger partial charge in [0.25, 0.3) is 0 Å². The average Bonchev–Trinajstić information content (AvgIpc) is 3.55. The Bertz CT molecular complexity index is 905. The summed E-state index contributed by atoms with van der Waals surface area (Å²) in [6, 6.07) is 15.5. The number of aryl methyl sites for hydroxylation is 4. The lowest BCUT2D eigenvalue weighted by Crippen LogP contribution is -1.80. The van der Waals surface area contributed by atoms with Gasteiger partial charge in [-0.15, -0.1) is 5.11 Å². The Morgan fingerprint density at radius 3 is 1.29 bits per heavy atom. The van der Waals surface area contributed by atoms with Crippen LogP contribution in [-0.2, 0) is 0 Å². The second kappa shape index (κ2) is 38.9. The normalized spacial score (nSPS) is 9.02. The van der Waals surface area contributed by atoms with Crippen LogP contribution in [0.15, 0.2) is 107 Å². The number of hydrogen-bond acceptors (Lipinski definition) is 8. The predicted molar refractivity (Wildman–Crippen MR) is 182 cm³/mol. The molecule has 0 bridgehead atoms. The molecule has 232 valence electrons. The minimum atomic E-state index is 0.534. The van der Waals surface area contributed by atoms with Crippen LogP contribution < -0.4 is 0 Å². The molecule has 0 saturated carbocycles.